The number of aromatic nitrogens is 3. The lowest BCUT2D eigenvalue weighted by atomic mass is 10.3. The third-order valence-electron chi connectivity index (χ3n) is 3.27. The zero-order valence-corrected chi connectivity index (χ0v) is 14.3. The van der Waals surface area contributed by atoms with Crippen molar-refractivity contribution in [2.45, 2.75) is 11.7 Å². The summed E-state index contributed by atoms with van der Waals surface area (Å²) in [6, 6.07) is 13.9. The zero-order valence-electron chi connectivity index (χ0n) is 12.6. The second kappa shape index (κ2) is 7.43. The summed E-state index contributed by atoms with van der Waals surface area (Å²) in [4.78, 5) is 15.2. The maximum absolute atomic E-state index is 12.3. The van der Waals surface area contributed by atoms with Gasteiger partial charge in [-0.15, -0.1) is 21.5 Å². The van der Waals surface area contributed by atoms with Crippen molar-refractivity contribution in [3.63, 3.8) is 0 Å². The number of hydrogen-bond donors (Lipinski definition) is 0. The monoisotopic (exact) mass is 344 g/mol. The number of thioether (sulfide) groups is 1. The van der Waals surface area contributed by atoms with E-state index in [1.54, 1.807) is 22.6 Å². The van der Waals surface area contributed by atoms with Crippen molar-refractivity contribution in [2.24, 2.45) is 0 Å². The van der Waals surface area contributed by atoms with Gasteiger partial charge in [0.05, 0.1) is 12.3 Å². The highest BCUT2D eigenvalue weighted by Gasteiger charge is 2.13. The molecule has 0 unspecified atom stereocenters. The van der Waals surface area contributed by atoms with Crippen molar-refractivity contribution >= 4 is 29.0 Å². The lowest BCUT2D eigenvalue weighted by Gasteiger charge is -2.15. The van der Waals surface area contributed by atoms with Gasteiger partial charge in [-0.1, -0.05) is 36.0 Å². The minimum absolute atomic E-state index is 0.0750. The molecule has 0 radical (unpaired) electrons. The Morgan fingerprint density at radius 2 is 2.09 bits per heavy atom. The van der Waals surface area contributed by atoms with Crippen LogP contribution in [0.25, 0.3) is 5.69 Å². The molecule has 23 heavy (non-hydrogen) atoms. The number of nitrogens with zero attached hydrogens (tertiary/aromatic N) is 4. The summed E-state index contributed by atoms with van der Waals surface area (Å²) in [5, 5.41) is 10.8. The number of thiophene rings is 1. The molecule has 0 saturated heterocycles. The van der Waals surface area contributed by atoms with Gasteiger partial charge in [0.25, 0.3) is 0 Å². The van der Waals surface area contributed by atoms with Crippen LogP contribution in [0.4, 0.5) is 0 Å². The van der Waals surface area contributed by atoms with Gasteiger partial charge in [-0.3, -0.25) is 9.36 Å². The van der Waals surface area contributed by atoms with E-state index in [0.29, 0.717) is 17.5 Å². The van der Waals surface area contributed by atoms with E-state index in [2.05, 4.69) is 10.2 Å². The summed E-state index contributed by atoms with van der Waals surface area (Å²) in [7, 11) is 1.82. The zero-order chi connectivity index (χ0) is 16.1. The highest BCUT2D eigenvalue weighted by Crippen LogP contribution is 2.20. The van der Waals surface area contributed by atoms with Gasteiger partial charge < -0.3 is 4.90 Å². The molecule has 1 aromatic carbocycles. The van der Waals surface area contributed by atoms with Crippen molar-refractivity contribution in [3.05, 3.63) is 59.0 Å². The number of carbonyl (C=O) groups is 1. The minimum atomic E-state index is 0.0750. The number of carbonyl (C=O) groups excluding carboxylic acids is 1. The Labute approximate surface area is 143 Å². The van der Waals surface area contributed by atoms with Crippen LogP contribution in [0.15, 0.2) is 59.3 Å². The number of rotatable bonds is 6. The molecule has 0 saturated carbocycles. The van der Waals surface area contributed by atoms with Crippen molar-refractivity contribution in [3.8, 4) is 5.69 Å². The normalized spacial score (nSPS) is 10.7. The fraction of sp³-hybridized carbons (Fsp3) is 0.188. The maximum atomic E-state index is 12.3. The summed E-state index contributed by atoms with van der Waals surface area (Å²) < 4.78 is 1.89. The summed E-state index contributed by atoms with van der Waals surface area (Å²) in [5.41, 5.74) is 0.986. The van der Waals surface area contributed by atoms with Gasteiger partial charge in [0.2, 0.25) is 5.91 Å². The first-order valence-corrected chi connectivity index (χ1v) is 8.95. The van der Waals surface area contributed by atoms with Crippen LogP contribution in [0.1, 0.15) is 4.88 Å². The molecule has 0 aliphatic carbocycles. The summed E-state index contributed by atoms with van der Waals surface area (Å²) in [5.74, 6) is 0.416. The first kappa shape index (κ1) is 15.8. The van der Waals surface area contributed by atoms with Gasteiger partial charge in [0.1, 0.15) is 6.33 Å². The van der Waals surface area contributed by atoms with Gasteiger partial charge in [-0.25, -0.2) is 0 Å². The number of amides is 1. The van der Waals surface area contributed by atoms with Crippen LogP contribution in [0.5, 0.6) is 0 Å². The number of hydrogen-bond acceptors (Lipinski definition) is 5. The van der Waals surface area contributed by atoms with E-state index in [-0.39, 0.29) is 5.91 Å². The van der Waals surface area contributed by atoms with Crippen molar-refractivity contribution in [1.82, 2.24) is 19.7 Å². The van der Waals surface area contributed by atoms with E-state index >= 15 is 0 Å². The molecule has 0 fully saturated rings. The molecule has 0 aliphatic rings. The third kappa shape index (κ3) is 4.00. The molecule has 0 atom stereocenters. The molecule has 7 heteroatoms. The molecule has 118 valence electrons. The van der Waals surface area contributed by atoms with Crippen LogP contribution < -0.4 is 0 Å². The Morgan fingerprint density at radius 3 is 2.83 bits per heavy atom. The Hall–Kier alpha value is -2.12. The largest absolute Gasteiger partial charge is 0.340 e. The van der Waals surface area contributed by atoms with Crippen molar-refractivity contribution in [2.75, 3.05) is 12.8 Å². The van der Waals surface area contributed by atoms with E-state index in [4.69, 9.17) is 0 Å². The van der Waals surface area contributed by atoms with E-state index in [1.165, 1.54) is 16.6 Å². The number of para-hydroxylation sites is 1. The van der Waals surface area contributed by atoms with Crippen molar-refractivity contribution in [1.29, 1.82) is 0 Å². The smallest absolute Gasteiger partial charge is 0.233 e. The topological polar surface area (TPSA) is 51.0 Å². The predicted octanol–water partition coefficient (Wildman–Crippen LogP) is 3.08. The van der Waals surface area contributed by atoms with Crippen LogP contribution in [0.2, 0.25) is 0 Å². The Balaban J connectivity index is 1.60. The fourth-order valence-electron chi connectivity index (χ4n) is 2.05. The molecule has 0 spiro atoms. The maximum Gasteiger partial charge on any atom is 0.233 e. The molecule has 1 amide bonds. The van der Waals surface area contributed by atoms with Crippen LogP contribution in [0, 0.1) is 0 Å². The lowest BCUT2D eigenvalue weighted by molar-refractivity contribution is -0.127. The van der Waals surface area contributed by atoms with Crippen molar-refractivity contribution < 1.29 is 4.79 Å². The summed E-state index contributed by atoms with van der Waals surface area (Å²) in [6.07, 6.45) is 1.66. The second-order valence-corrected chi connectivity index (χ2v) is 6.91. The molecule has 2 heterocycles. The molecule has 5 nitrogen and oxygen atoms in total. The SMILES string of the molecule is CN(Cc1cccs1)C(=O)CSc1nncn1-c1ccccc1. The first-order valence-electron chi connectivity index (χ1n) is 7.08. The Bertz CT molecular complexity index is 756. The van der Waals surface area contributed by atoms with Crippen LogP contribution >= 0.6 is 23.1 Å². The average molecular weight is 344 g/mol. The summed E-state index contributed by atoms with van der Waals surface area (Å²) in [6.45, 7) is 0.641. The molecular formula is C16H16N4OS2. The number of benzene rings is 1. The van der Waals surface area contributed by atoms with Gasteiger partial charge >= 0.3 is 0 Å². The third-order valence-corrected chi connectivity index (χ3v) is 5.06. The van der Waals surface area contributed by atoms with E-state index in [9.17, 15) is 4.79 Å². The first-order chi connectivity index (χ1) is 11.2. The van der Waals surface area contributed by atoms with Crippen LogP contribution in [-0.2, 0) is 11.3 Å². The van der Waals surface area contributed by atoms with E-state index in [0.717, 1.165) is 5.69 Å². The van der Waals surface area contributed by atoms with E-state index < -0.39 is 0 Å². The van der Waals surface area contributed by atoms with Crippen LogP contribution in [-0.4, -0.2) is 38.4 Å². The predicted molar refractivity (Wildman–Crippen MR) is 92.9 cm³/mol. The Kier molecular flexibility index (Phi) is 5.09. The molecule has 0 bridgehead atoms. The van der Waals surface area contributed by atoms with Gasteiger partial charge in [-0.2, -0.15) is 0 Å². The fourth-order valence-corrected chi connectivity index (χ4v) is 3.68. The van der Waals surface area contributed by atoms with E-state index in [1.807, 2.05) is 59.5 Å². The standard InChI is InChI=1S/C16H16N4OS2/c1-19(10-14-8-5-9-22-14)15(21)11-23-16-18-17-12-20(16)13-6-3-2-4-7-13/h2-9,12H,10-11H2,1H3. The highest BCUT2D eigenvalue weighted by atomic mass is 32.2. The molecule has 3 aromatic rings. The molecule has 0 aliphatic heterocycles. The van der Waals surface area contributed by atoms with Gasteiger partial charge in [0.15, 0.2) is 5.16 Å². The van der Waals surface area contributed by atoms with Gasteiger partial charge in [0, 0.05) is 17.6 Å². The minimum Gasteiger partial charge on any atom is -0.340 e. The summed E-state index contributed by atoms with van der Waals surface area (Å²) >= 11 is 3.06. The molecular weight excluding hydrogens is 328 g/mol. The molecule has 0 N–H and O–H groups in total. The molecule has 2 aromatic heterocycles. The quantitative estimate of drug-likeness (QED) is 0.645. The van der Waals surface area contributed by atoms with Crippen LogP contribution in [0.3, 0.4) is 0 Å². The average Bonchev–Trinajstić information content (AvgIpc) is 3.24. The Morgan fingerprint density at radius 1 is 1.26 bits per heavy atom. The highest BCUT2D eigenvalue weighted by molar-refractivity contribution is 7.99. The lowest BCUT2D eigenvalue weighted by Crippen LogP contribution is -2.27. The van der Waals surface area contributed by atoms with Gasteiger partial charge in [-0.05, 0) is 23.6 Å². The molecule has 3 rings (SSSR count). The second-order valence-electron chi connectivity index (χ2n) is 4.94.